The van der Waals surface area contributed by atoms with Gasteiger partial charge in [-0.25, -0.2) is 0 Å². The van der Waals surface area contributed by atoms with Crippen LogP contribution in [0.1, 0.15) is 5.69 Å². The van der Waals surface area contributed by atoms with Crippen LogP contribution in [0.25, 0.3) is 0 Å². The second kappa shape index (κ2) is 4.59. The van der Waals surface area contributed by atoms with Crippen molar-refractivity contribution in [1.29, 1.82) is 0 Å². The van der Waals surface area contributed by atoms with Crippen molar-refractivity contribution in [2.75, 3.05) is 33.2 Å². The summed E-state index contributed by atoms with van der Waals surface area (Å²) in [5.74, 6) is 0.330. The van der Waals surface area contributed by atoms with Crippen LogP contribution < -0.4 is 9.80 Å². The number of likely N-dealkylation sites (N-methyl/N-ethyl adjacent to an activating group) is 1. The smallest absolute Gasteiger partial charge is 0.142 e. The topological polar surface area (TPSA) is 42.0 Å². The molecule has 4 nitrogen and oxygen atoms in total. The van der Waals surface area contributed by atoms with E-state index in [4.69, 9.17) is 0 Å². The van der Waals surface area contributed by atoms with Crippen LogP contribution in [0.15, 0.2) is 18.3 Å². The summed E-state index contributed by atoms with van der Waals surface area (Å²) >= 11 is 0. The number of pyridine rings is 1. The summed E-state index contributed by atoms with van der Waals surface area (Å²) in [5, 5.41) is 9.61. The maximum atomic E-state index is 9.61. The van der Waals surface area contributed by atoms with E-state index >= 15 is 0 Å². The molecule has 0 saturated carbocycles. The van der Waals surface area contributed by atoms with Crippen molar-refractivity contribution in [2.24, 2.45) is 0 Å². The molecular weight excluding hydrogens is 190 g/mol. The molecule has 0 atom stereocenters. The van der Waals surface area contributed by atoms with Gasteiger partial charge in [-0.2, -0.15) is 0 Å². The Kier molecular flexibility index (Phi) is 3.18. The number of piperazine rings is 1. The fourth-order valence-electron chi connectivity index (χ4n) is 2.01. The Balaban J connectivity index is 1.95. The van der Waals surface area contributed by atoms with Crippen LogP contribution in [-0.2, 0) is 6.54 Å². The summed E-state index contributed by atoms with van der Waals surface area (Å²) < 4.78 is 0. The predicted octanol–water partition coefficient (Wildman–Crippen LogP) is -2.30. The molecule has 1 fully saturated rings. The minimum absolute atomic E-state index is 0.330. The minimum atomic E-state index is 0.330. The van der Waals surface area contributed by atoms with Crippen molar-refractivity contribution in [3.8, 4) is 5.75 Å². The lowest BCUT2D eigenvalue weighted by atomic mass is 10.2. The molecule has 0 spiro atoms. The molecule has 0 unspecified atom stereocenters. The zero-order valence-corrected chi connectivity index (χ0v) is 9.16. The molecule has 1 aromatic heterocycles. The van der Waals surface area contributed by atoms with Crippen LogP contribution in [0.5, 0.6) is 5.75 Å². The molecule has 2 heterocycles. The van der Waals surface area contributed by atoms with Crippen molar-refractivity contribution < 1.29 is 14.9 Å². The average molecular weight is 209 g/mol. The number of nitrogens with one attached hydrogen (secondary N) is 2. The lowest BCUT2D eigenvalue weighted by Gasteiger charge is -2.27. The van der Waals surface area contributed by atoms with E-state index in [0.29, 0.717) is 5.75 Å². The van der Waals surface area contributed by atoms with Crippen LogP contribution >= 0.6 is 0 Å². The molecule has 1 saturated heterocycles. The molecule has 82 valence electrons. The van der Waals surface area contributed by atoms with Gasteiger partial charge in [-0.3, -0.25) is 4.98 Å². The maximum absolute atomic E-state index is 9.61. The maximum Gasteiger partial charge on any atom is 0.142 e. The van der Waals surface area contributed by atoms with Gasteiger partial charge in [0.05, 0.1) is 7.05 Å². The number of rotatable bonds is 2. The van der Waals surface area contributed by atoms with Crippen molar-refractivity contribution in [3.05, 3.63) is 24.0 Å². The van der Waals surface area contributed by atoms with Gasteiger partial charge in [-0.15, -0.1) is 0 Å². The van der Waals surface area contributed by atoms with Gasteiger partial charge in [-0.05, 0) is 12.1 Å². The van der Waals surface area contributed by atoms with Gasteiger partial charge in [0.1, 0.15) is 44.2 Å². The second-order valence-corrected chi connectivity index (χ2v) is 4.35. The average Bonchev–Trinajstić information content (AvgIpc) is 2.25. The molecule has 1 aliphatic heterocycles. The first-order chi connectivity index (χ1) is 7.25. The first kappa shape index (κ1) is 10.4. The highest BCUT2D eigenvalue weighted by atomic mass is 16.3. The summed E-state index contributed by atoms with van der Waals surface area (Å²) in [5.41, 5.74) is 0.826. The van der Waals surface area contributed by atoms with E-state index in [9.17, 15) is 5.11 Å². The lowest BCUT2D eigenvalue weighted by Crippen LogP contribution is -3.26. The van der Waals surface area contributed by atoms with Gasteiger partial charge in [0, 0.05) is 6.20 Å². The molecule has 0 bridgehead atoms. The quantitative estimate of drug-likeness (QED) is 0.513. The van der Waals surface area contributed by atoms with Gasteiger partial charge in [0.25, 0.3) is 0 Å². The van der Waals surface area contributed by atoms with Crippen LogP contribution in [0.3, 0.4) is 0 Å². The third-order valence-corrected chi connectivity index (χ3v) is 3.09. The molecule has 0 radical (unpaired) electrons. The summed E-state index contributed by atoms with van der Waals surface area (Å²) in [6.45, 7) is 5.61. The highest BCUT2D eigenvalue weighted by Crippen LogP contribution is 2.10. The first-order valence-corrected chi connectivity index (χ1v) is 5.53. The number of nitrogens with zero attached hydrogens (tertiary/aromatic N) is 1. The van der Waals surface area contributed by atoms with E-state index in [1.54, 1.807) is 23.2 Å². The van der Waals surface area contributed by atoms with Crippen molar-refractivity contribution in [2.45, 2.75) is 6.54 Å². The fourth-order valence-corrected chi connectivity index (χ4v) is 2.01. The number of hydrogen-bond donors (Lipinski definition) is 3. The zero-order chi connectivity index (χ0) is 10.7. The Bertz CT molecular complexity index is 321. The molecule has 15 heavy (non-hydrogen) atoms. The SMILES string of the molecule is C[NH+]1CC[NH+](Cc2ncccc2O)CC1. The Hall–Kier alpha value is -1.13. The predicted molar refractivity (Wildman–Crippen MR) is 56.9 cm³/mol. The van der Waals surface area contributed by atoms with Gasteiger partial charge in [0.2, 0.25) is 0 Å². The van der Waals surface area contributed by atoms with E-state index in [1.807, 2.05) is 0 Å². The van der Waals surface area contributed by atoms with E-state index in [1.165, 1.54) is 31.1 Å². The van der Waals surface area contributed by atoms with Crippen molar-refractivity contribution in [1.82, 2.24) is 4.98 Å². The Morgan fingerprint density at radius 3 is 2.73 bits per heavy atom. The third kappa shape index (κ3) is 2.67. The van der Waals surface area contributed by atoms with E-state index in [2.05, 4.69) is 12.0 Å². The van der Waals surface area contributed by atoms with E-state index in [0.717, 1.165) is 12.2 Å². The monoisotopic (exact) mass is 209 g/mol. The summed E-state index contributed by atoms with van der Waals surface area (Å²) in [7, 11) is 2.23. The van der Waals surface area contributed by atoms with Crippen LogP contribution in [-0.4, -0.2) is 43.3 Å². The number of aromatic hydroxyl groups is 1. The summed E-state index contributed by atoms with van der Waals surface area (Å²) in [6, 6.07) is 3.48. The van der Waals surface area contributed by atoms with Crippen LogP contribution in [0.2, 0.25) is 0 Å². The van der Waals surface area contributed by atoms with Crippen molar-refractivity contribution in [3.63, 3.8) is 0 Å². The standard InChI is InChI=1S/C11H17N3O/c1-13-5-7-14(8-6-13)9-10-11(15)3-2-4-12-10/h2-4,15H,5-9H2,1H3/p+2. The number of hydrogen-bond acceptors (Lipinski definition) is 2. The fraction of sp³-hybridized carbons (Fsp3) is 0.545. The third-order valence-electron chi connectivity index (χ3n) is 3.09. The Labute approximate surface area is 90.1 Å². The molecular formula is C11H19N3O+2. The van der Waals surface area contributed by atoms with Gasteiger partial charge in [0.15, 0.2) is 0 Å². The largest absolute Gasteiger partial charge is 0.506 e. The zero-order valence-electron chi connectivity index (χ0n) is 9.16. The number of aromatic nitrogens is 1. The molecule has 2 rings (SSSR count). The molecule has 0 amide bonds. The molecule has 1 aliphatic rings. The molecule has 3 N–H and O–H groups in total. The summed E-state index contributed by atoms with van der Waals surface area (Å²) in [6.07, 6.45) is 1.75. The molecule has 0 aromatic carbocycles. The lowest BCUT2D eigenvalue weighted by molar-refractivity contribution is -1.01. The van der Waals surface area contributed by atoms with Gasteiger partial charge < -0.3 is 14.9 Å². The van der Waals surface area contributed by atoms with Gasteiger partial charge >= 0.3 is 0 Å². The van der Waals surface area contributed by atoms with Crippen LogP contribution in [0.4, 0.5) is 0 Å². The minimum Gasteiger partial charge on any atom is -0.506 e. The number of quaternary nitrogens is 2. The van der Waals surface area contributed by atoms with Gasteiger partial charge in [-0.1, -0.05) is 0 Å². The highest BCUT2D eigenvalue weighted by molar-refractivity contribution is 5.23. The Morgan fingerprint density at radius 1 is 1.33 bits per heavy atom. The molecule has 0 aliphatic carbocycles. The van der Waals surface area contributed by atoms with Crippen molar-refractivity contribution >= 4 is 0 Å². The van der Waals surface area contributed by atoms with E-state index < -0.39 is 0 Å². The highest BCUT2D eigenvalue weighted by Gasteiger charge is 2.21. The Morgan fingerprint density at radius 2 is 2.07 bits per heavy atom. The molecule has 4 heteroatoms. The second-order valence-electron chi connectivity index (χ2n) is 4.35. The van der Waals surface area contributed by atoms with Crippen LogP contribution in [0, 0.1) is 0 Å². The molecule has 1 aromatic rings. The first-order valence-electron chi connectivity index (χ1n) is 5.53. The summed E-state index contributed by atoms with van der Waals surface area (Å²) in [4.78, 5) is 7.34. The normalized spacial score (nSPS) is 26.5. The van der Waals surface area contributed by atoms with E-state index in [-0.39, 0.29) is 0 Å².